The molecule has 3 N–H and O–H groups in total. The lowest BCUT2D eigenvalue weighted by atomic mass is 10.0. The topological polar surface area (TPSA) is 80.4 Å². The number of carbonyl (C=O) groups is 2. The number of allylic oxidation sites excluding steroid dienone is 1. The van der Waals surface area contributed by atoms with E-state index in [4.69, 9.17) is 17.3 Å². The molecule has 2 aromatic rings. The summed E-state index contributed by atoms with van der Waals surface area (Å²) < 4.78 is 13.7. The fraction of sp³-hybridized carbons (Fsp3) is 0.0667. The summed E-state index contributed by atoms with van der Waals surface area (Å²) in [5.74, 6) is -3.84. The summed E-state index contributed by atoms with van der Waals surface area (Å²) in [7, 11) is 0. The molecule has 1 atom stereocenters. The maximum absolute atomic E-state index is 13.7. The number of halogens is 2. The molecule has 7 heteroatoms. The lowest BCUT2D eigenvalue weighted by molar-refractivity contribution is -0.125. The van der Waals surface area contributed by atoms with Gasteiger partial charge in [-0.2, -0.15) is 0 Å². The largest absolute Gasteiger partial charge is 0.506 e. The first-order valence-electron chi connectivity index (χ1n) is 6.21. The van der Waals surface area contributed by atoms with Gasteiger partial charge in [0.05, 0.1) is 15.5 Å². The van der Waals surface area contributed by atoms with Gasteiger partial charge in [-0.3, -0.25) is 9.59 Å². The second-order valence-corrected chi connectivity index (χ2v) is 6.11. The highest BCUT2D eigenvalue weighted by molar-refractivity contribution is 7.11. The van der Waals surface area contributed by atoms with Crippen molar-refractivity contribution in [2.45, 2.75) is 5.92 Å². The van der Waals surface area contributed by atoms with E-state index in [-0.39, 0.29) is 27.5 Å². The number of thiophene rings is 1. The number of benzene rings is 1. The Morgan fingerprint density at radius 3 is 2.73 bits per heavy atom. The maximum Gasteiger partial charge on any atom is 0.232 e. The van der Waals surface area contributed by atoms with Gasteiger partial charge in [0, 0.05) is 0 Å². The standard InChI is InChI=1S/C15H9ClFNO3S/c16-8-4-6-7(5-9(8)17)11(14(20)12(6)15(18)21)13(19)10-2-1-3-22-10/h1-5,12,19H,(H2,18,21)/b13-11-. The van der Waals surface area contributed by atoms with Crippen LogP contribution in [0.3, 0.4) is 0 Å². The minimum atomic E-state index is -1.27. The van der Waals surface area contributed by atoms with Crippen LogP contribution in [0.15, 0.2) is 29.6 Å². The number of carbonyl (C=O) groups excluding carboxylic acids is 2. The van der Waals surface area contributed by atoms with Gasteiger partial charge < -0.3 is 10.8 Å². The van der Waals surface area contributed by atoms with Crippen molar-refractivity contribution in [3.8, 4) is 0 Å². The number of ketones is 1. The van der Waals surface area contributed by atoms with Crippen molar-refractivity contribution in [3.63, 3.8) is 0 Å². The third-order valence-corrected chi connectivity index (χ3v) is 4.62. The molecule has 1 amide bonds. The summed E-state index contributed by atoms with van der Waals surface area (Å²) in [5.41, 5.74) is 5.51. The highest BCUT2D eigenvalue weighted by atomic mass is 35.5. The first kappa shape index (κ1) is 14.7. The quantitative estimate of drug-likeness (QED) is 0.502. The molecule has 0 spiro atoms. The normalized spacial score (nSPS) is 19.2. The average molecular weight is 338 g/mol. The van der Waals surface area contributed by atoms with Crippen molar-refractivity contribution in [3.05, 3.63) is 56.5 Å². The highest BCUT2D eigenvalue weighted by Gasteiger charge is 2.41. The van der Waals surface area contributed by atoms with E-state index in [1.165, 1.54) is 17.4 Å². The fourth-order valence-electron chi connectivity index (χ4n) is 2.50. The summed E-state index contributed by atoms with van der Waals surface area (Å²) in [4.78, 5) is 24.5. The molecule has 1 aromatic carbocycles. The summed E-state index contributed by atoms with van der Waals surface area (Å²) in [6, 6.07) is 5.56. The van der Waals surface area contributed by atoms with E-state index in [2.05, 4.69) is 0 Å². The van der Waals surface area contributed by atoms with Crippen LogP contribution < -0.4 is 5.73 Å². The summed E-state index contributed by atoms with van der Waals surface area (Å²) in [6.07, 6.45) is 0. The van der Waals surface area contributed by atoms with E-state index in [9.17, 15) is 19.1 Å². The van der Waals surface area contributed by atoms with Crippen LogP contribution in [0.1, 0.15) is 21.9 Å². The SMILES string of the molecule is NC(=O)C1C(=O)/C(=C(\O)c2cccs2)c2cc(F)c(Cl)cc21. The Hall–Kier alpha value is -2.18. The number of aliphatic hydroxyl groups excluding tert-OH is 1. The zero-order chi connectivity index (χ0) is 16.0. The van der Waals surface area contributed by atoms with E-state index in [0.29, 0.717) is 4.88 Å². The van der Waals surface area contributed by atoms with Gasteiger partial charge in [-0.15, -0.1) is 11.3 Å². The van der Waals surface area contributed by atoms with Crippen LogP contribution in [0.2, 0.25) is 5.02 Å². The van der Waals surface area contributed by atoms with Crippen molar-refractivity contribution in [1.29, 1.82) is 0 Å². The Morgan fingerprint density at radius 1 is 1.41 bits per heavy atom. The van der Waals surface area contributed by atoms with Crippen LogP contribution in [0.25, 0.3) is 11.3 Å². The molecule has 0 radical (unpaired) electrons. The number of amides is 1. The van der Waals surface area contributed by atoms with Gasteiger partial charge in [0.2, 0.25) is 5.91 Å². The number of aliphatic hydroxyl groups is 1. The van der Waals surface area contributed by atoms with Gasteiger partial charge in [0.1, 0.15) is 17.5 Å². The van der Waals surface area contributed by atoms with Crippen molar-refractivity contribution >= 4 is 46.0 Å². The first-order chi connectivity index (χ1) is 10.4. The molecule has 1 aliphatic carbocycles. The van der Waals surface area contributed by atoms with Gasteiger partial charge >= 0.3 is 0 Å². The van der Waals surface area contributed by atoms with Gasteiger partial charge in [0.25, 0.3) is 0 Å². The van der Waals surface area contributed by atoms with Crippen LogP contribution in [0.5, 0.6) is 0 Å². The molecule has 4 nitrogen and oxygen atoms in total. The van der Waals surface area contributed by atoms with Crippen molar-refractivity contribution in [2.24, 2.45) is 5.73 Å². The van der Waals surface area contributed by atoms with Crippen molar-refractivity contribution < 1.29 is 19.1 Å². The number of Topliss-reactive ketones (excluding diaryl/α,β-unsaturated/α-hetero) is 1. The Bertz CT molecular complexity index is 830. The lowest BCUT2D eigenvalue weighted by Crippen LogP contribution is -2.25. The molecule has 0 saturated heterocycles. The number of hydrogen-bond donors (Lipinski definition) is 2. The Labute approximate surface area is 133 Å². The van der Waals surface area contributed by atoms with E-state index in [1.807, 2.05) is 0 Å². The third kappa shape index (κ3) is 2.12. The van der Waals surface area contributed by atoms with E-state index in [0.717, 1.165) is 6.07 Å². The van der Waals surface area contributed by atoms with Gasteiger partial charge in [-0.1, -0.05) is 17.7 Å². The first-order valence-corrected chi connectivity index (χ1v) is 7.47. The summed E-state index contributed by atoms with van der Waals surface area (Å²) in [6.45, 7) is 0. The van der Waals surface area contributed by atoms with Crippen LogP contribution in [0, 0.1) is 5.82 Å². The second kappa shape index (κ2) is 5.23. The Balaban J connectivity index is 2.31. The molecular weight excluding hydrogens is 329 g/mol. The Morgan fingerprint density at radius 2 is 2.14 bits per heavy atom. The number of fused-ring (bicyclic) bond motifs is 1. The molecule has 3 rings (SSSR count). The molecule has 0 aliphatic heterocycles. The van der Waals surface area contributed by atoms with Gasteiger partial charge in [-0.05, 0) is 34.7 Å². The maximum atomic E-state index is 13.7. The number of hydrogen-bond acceptors (Lipinski definition) is 4. The van der Waals surface area contributed by atoms with Crippen LogP contribution in [-0.4, -0.2) is 16.8 Å². The highest BCUT2D eigenvalue weighted by Crippen LogP contribution is 2.43. The molecule has 0 bridgehead atoms. The smallest absolute Gasteiger partial charge is 0.232 e. The number of primary amides is 1. The monoisotopic (exact) mass is 337 g/mol. The second-order valence-electron chi connectivity index (χ2n) is 4.75. The fourth-order valence-corrected chi connectivity index (χ4v) is 3.35. The molecule has 0 fully saturated rings. The summed E-state index contributed by atoms with van der Waals surface area (Å²) in [5, 5.41) is 11.9. The van der Waals surface area contributed by atoms with Crippen LogP contribution >= 0.6 is 22.9 Å². The van der Waals surface area contributed by atoms with E-state index < -0.39 is 23.4 Å². The summed E-state index contributed by atoms with van der Waals surface area (Å²) >= 11 is 6.94. The molecule has 1 unspecified atom stereocenters. The Kier molecular flexibility index (Phi) is 3.50. The van der Waals surface area contributed by atoms with Crippen molar-refractivity contribution in [2.75, 3.05) is 0 Å². The van der Waals surface area contributed by atoms with Crippen molar-refractivity contribution in [1.82, 2.24) is 0 Å². The molecule has 0 saturated carbocycles. The molecule has 1 heterocycles. The zero-order valence-corrected chi connectivity index (χ0v) is 12.5. The van der Waals surface area contributed by atoms with Crippen LogP contribution in [0.4, 0.5) is 4.39 Å². The van der Waals surface area contributed by atoms with Gasteiger partial charge in [-0.25, -0.2) is 4.39 Å². The third-order valence-electron chi connectivity index (χ3n) is 3.46. The van der Waals surface area contributed by atoms with E-state index >= 15 is 0 Å². The van der Waals surface area contributed by atoms with Gasteiger partial charge in [0.15, 0.2) is 5.78 Å². The van der Waals surface area contributed by atoms with E-state index in [1.54, 1.807) is 17.5 Å². The zero-order valence-electron chi connectivity index (χ0n) is 11.0. The molecule has 22 heavy (non-hydrogen) atoms. The molecule has 1 aromatic heterocycles. The number of rotatable bonds is 2. The minimum absolute atomic E-state index is 0.114. The average Bonchev–Trinajstić information content (AvgIpc) is 3.05. The molecular formula is C15H9ClFNO3S. The number of nitrogens with two attached hydrogens (primary N) is 1. The van der Waals surface area contributed by atoms with Crippen LogP contribution in [-0.2, 0) is 9.59 Å². The lowest BCUT2D eigenvalue weighted by Gasteiger charge is -2.05. The minimum Gasteiger partial charge on any atom is -0.506 e. The predicted octanol–water partition coefficient (Wildman–Crippen LogP) is 3.12. The predicted molar refractivity (Wildman–Crippen MR) is 82.1 cm³/mol. The molecule has 112 valence electrons. The molecule has 1 aliphatic rings.